The van der Waals surface area contributed by atoms with Gasteiger partial charge in [0.05, 0.1) is 10.6 Å². The van der Waals surface area contributed by atoms with Crippen molar-refractivity contribution in [2.45, 2.75) is 66.3 Å². The van der Waals surface area contributed by atoms with Gasteiger partial charge in [-0.05, 0) is 38.2 Å². The van der Waals surface area contributed by atoms with Gasteiger partial charge in [0.25, 0.3) is 0 Å². The van der Waals surface area contributed by atoms with Crippen molar-refractivity contribution in [2.24, 2.45) is 11.8 Å². The summed E-state index contributed by atoms with van der Waals surface area (Å²) in [5, 5.41) is 9.61. The lowest BCUT2D eigenvalue weighted by atomic mass is 9.84. The van der Waals surface area contributed by atoms with Crippen LogP contribution < -0.4 is 0 Å². The molecule has 2 rings (SSSR count). The van der Waals surface area contributed by atoms with Crippen molar-refractivity contribution in [3.8, 4) is 0 Å². The molecule has 0 aliphatic heterocycles. The number of carboxylic acid groups (broad SMARTS) is 1. The first-order valence-electron chi connectivity index (χ1n) is 10.3. The van der Waals surface area contributed by atoms with E-state index in [9.17, 15) is 14.7 Å². The maximum absolute atomic E-state index is 11.3. The van der Waals surface area contributed by atoms with Crippen molar-refractivity contribution in [3.63, 3.8) is 0 Å². The van der Waals surface area contributed by atoms with E-state index in [-0.39, 0.29) is 11.6 Å². The summed E-state index contributed by atoms with van der Waals surface area (Å²) in [6.45, 7) is 13.9. The summed E-state index contributed by atoms with van der Waals surface area (Å²) in [4.78, 5) is 24.6. The van der Waals surface area contributed by atoms with E-state index < -0.39 is 5.97 Å². The third kappa shape index (κ3) is 8.48. The number of carbonyl (C=O) groups excluding carboxylic acids is 1. The minimum Gasteiger partial charge on any atom is -0.478 e. The smallest absolute Gasteiger partial charge is 0.333 e. The van der Waals surface area contributed by atoms with E-state index in [1.54, 1.807) is 0 Å². The molecule has 5 heteroatoms. The molecule has 1 aliphatic rings. The number of rotatable bonds is 7. The average Bonchev–Trinajstić information content (AvgIpc) is 2.70. The number of nitrogens with zero attached hydrogens (tertiary/aromatic N) is 1. The van der Waals surface area contributed by atoms with Crippen LogP contribution in [-0.2, 0) is 9.59 Å². The van der Waals surface area contributed by atoms with Crippen LogP contribution in [0, 0.1) is 11.8 Å². The zero-order valence-electron chi connectivity index (χ0n) is 18.4. The summed E-state index contributed by atoms with van der Waals surface area (Å²) in [5.74, 6) is 0.989. The molecule has 0 bridgehead atoms. The molecule has 0 heterocycles. The maximum atomic E-state index is 11.3. The van der Waals surface area contributed by atoms with Gasteiger partial charge >= 0.3 is 5.97 Å². The lowest BCUT2D eigenvalue weighted by Crippen LogP contribution is -2.29. The quantitative estimate of drug-likeness (QED) is 0.411. The highest BCUT2D eigenvalue weighted by atomic mass is 32.2. The maximum Gasteiger partial charge on any atom is 0.333 e. The van der Waals surface area contributed by atoms with E-state index in [0.29, 0.717) is 16.3 Å². The number of thioether (sulfide) groups is 1. The van der Waals surface area contributed by atoms with Gasteiger partial charge in [-0.15, -0.1) is 0 Å². The number of hydrogen-bond donors (Lipinski definition) is 1. The van der Waals surface area contributed by atoms with Gasteiger partial charge in [-0.25, -0.2) is 4.79 Å². The van der Waals surface area contributed by atoms with Crippen molar-refractivity contribution in [1.82, 2.24) is 4.90 Å². The highest BCUT2D eigenvalue weighted by Crippen LogP contribution is 2.36. The van der Waals surface area contributed by atoms with Gasteiger partial charge in [-0.2, -0.15) is 0 Å². The van der Waals surface area contributed by atoms with Crippen LogP contribution in [0.15, 0.2) is 47.5 Å². The Labute approximate surface area is 180 Å². The van der Waals surface area contributed by atoms with Gasteiger partial charge in [-0.3, -0.25) is 4.79 Å². The molecule has 1 amide bonds. The van der Waals surface area contributed by atoms with Gasteiger partial charge in [-0.1, -0.05) is 88.2 Å². The second-order valence-corrected chi connectivity index (χ2v) is 9.18. The molecule has 1 fully saturated rings. The molecule has 0 spiro atoms. The fraction of sp³-hybridized carbons (Fsp3) is 0.500. The monoisotopic (exact) mass is 417 g/mol. The zero-order chi connectivity index (χ0) is 22.0. The molecular weight excluding hydrogens is 382 g/mol. The minimum atomic E-state index is -1.05. The summed E-state index contributed by atoms with van der Waals surface area (Å²) in [7, 11) is 0. The van der Waals surface area contributed by atoms with Gasteiger partial charge in [0, 0.05) is 10.9 Å². The van der Waals surface area contributed by atoms with E-state index in [2.05, 4.69) is 20.4 Å². The van der Waals surface area contributed by atoms with Gasteiger partial charge in [0.2, 0.25) is 6.41 Å². The summed E-state index contributed by atoms with van der Waals surface area (Å²) in [6, 6.07) is 9.31. The molecule has 1 saturated carbocycles. The van der Waals surface area contributed by atoms with Crippen LogP contribution in [0.5, 0.6) is 0 Å². The van der Waals surface area contributed by atoms with Crippen LogP contribution in [0.2, 0.25) is 0 Å². The van der Waals surface area contributed by atoms with E-state index >= 15 is 0 Å². The minimum absolute atomic E-state index is 0.123. The number of benzene rings is 1. The lowest BCUT2D eigenvalue weighted by molar-refractivity contribution is -0.132. The Bertz CT molecular complexity index is 694. The first kappa shape index (κ1) is 25.0. The second kappa shape index (κ2) is 12.5. The molecule has 0 saturated heterocycles. The molecule has 4 nitrogen and oxygen atoms in total. The Kier molecular flexibility index (Phi) is 10.8. The van der Waals surface area contributed by atoms with Gasteiger partial charge in [0.1, 0.15) is 0 Å². The number of carbonyl (C=O) groups is 2. The van der Waals surface area contributed by atoms with Gasteiger partial charge in [0.15, 0.2) is 0 Å². The van der Waals surface area contributed by atoms with E-state index in [4.69, 9.17) is 0 Å². The van der Waals surface area contributed by atoms with Gasteiger partial charge < -0.3 is 10.0 Å². The first-order valence-corrected chi connectivity index (χ1v) is 11.1. The summed E-state index contributed by atoms with van der Waals surface area (Å²) in [6.07, 6.45) is 6.54. The van der Waals surface area contributed by atoms with Crippen LogP contribution in [0.3, 0.4) is 0 Å². The fourth-order valence-electron chi connectivity index (χ4n) is 3.04. The van der Waals surface area contributed by atoms with Crippen LogP contribution in [-0.4, -0.2) is 28.4 Å². The summed E-state index contributed by atoms with van der Waals surface area (Å²) < 4.78 is 0. The predicted octanol–water partition coefficient (Wildman–Crippen LogP) is 6.41. The molecule has 29 heavy (non-hydrogen) atoms. The number of aliphatic carboxylic acids is 1. The van der Waals surface area contributed by atoms with E-state index in [1.807, 2.05) is 44.2 Å². The molecule has 160 valence electrons. The molecule has 1 aliphatic carbocycles. The Morgan fingerprint density at radius 1 is 1.14 bits per heavy atom. The first-order chi connectivity index (χ1) is 13.7. The van der Waals surface area contributed by atoms with Crippen molar-refractivity contribution < 1.29 is 14.7 Å². The lowest BCUT2D eigenvalue weighted by Gasteiger charge is -2.26. The molecule has 1 aromatic carbocycles. The molecule has 0 aromatic heterocycles. The molecule has 0 radical (unpaired) electrons. The number of amides is 1. The SMILES string of the molecule is C=C(S/C(=C(\C)C(=O)O)N(C=O)C(C)C)c1ccccc1.CC1CCC(C)CC1. The van der Waals surface area contributed by atoms with Crippen molar-refractivity contribution in [2.75, 3.05) is 0 Å². The Hall–Kier alpha value is -2.01. The molecule has 0 atom stereocenters. The summed E-state index contributed by atoms with van der Waals surface area (Å²) in [5.41, 5.74) is 1.02. The zero-order valence-corrected chi connectivity index (χ0v) is 19.2. The fourth-order valence-corrected chi connectivity index (χ4v) is 4.13. The molecule has 1 N–H and O–H groups in total. The second-order valence-electron chi connectivity index (χ2n) is 8.10. The van der Waals surface area contributed by atoms with Crippen LogP contribution in [0.25, 0.3) is 4.91 Å². The van der Waals surface area contributed by atoms with E-state index in [0.717, 1.165) is 17.4 Å². The average molecular weight is 418 g/mol. The molecular formula is C24H35NO3S. The predicted molar refractivity (Wildman–Crippen MR) is 123 cm³/mol. The molecule has 0 unspecified atom stereocenters. The third-order valence-electron chi connectivity index (χ3n) is 5.17. The van der Waals surface area contributed by atoms with E-state index in [1.165, 1.54) is 49.3 Å². The number of carboxylic acids is 1. The Balaban J connectivity index is 0.000000436. The van der Waals surface area contributed by atoms with Crippen molar-refractivity contribution >= 4 is 29.0 Å². The van der Waals surface area contributed by atoms with Crippen LogP contribution in [0.4, 0.5) is 0 Å². The normalized spacial score (nSPS) is 19.5. The van der Waals surface area contributed by atoms with Crippen molar-refractivity contribution in [1.29, 1.82) is 0 Å². The largest absolute Gasteiger partial charge is 0.478 e. The van der Waals surface area contributed by atoms with Crippen LogP contribution in [0.1, 0.15) is 65.9 Å². The summed E-state index contributed by atoms with van der Waals surface area (Å²) >= 11 is 1.19. The standard InChI is InChI=1S/C16H19NO3S.C8H16/c1-11(2)17(10-18)15(12(3)16(19)20)21-13(4)14-8-6-5-7-9-14;1-7-3-5-8(2)6-4-7/h5-11H,4H2,1-3H3,(H,19,20);7-8H,3-6H2,1-2H3/b15-12+;. The van der Waals surface area contributed by atoms with Crippen molar-refractivity contribution in [3.05, 3.63) is 53.1 Å². The third-order valence-corrected chi connectivity index (χ3v) is 6.36. The highest BCUT2D eigenvalue weighted by molar-refractivity contribution is 8.11. The topological polar surface area (TPSA) is 57.6 Å². The Morgan fingerprint density at radius 3 is 2.00 bits per heavy atom. The molecule has 1 aromatic rings. The Morgan fingerprint density at radius 2 is 1.62 bits per heavy atom. The van der Waals surface area contributed by atoms with Crippen LogP contribution >= 0.6 is 11.8 Å². The highest BCUT2D eigenvalue weighted by Gasteiger charge is 2.21. The number of hydrogen-bond acceptors (Lipinski definition) is 3.